The predicted octanol–water partition coefficient (Wildman–Crippen LogP) is 4.46. The lowest BCUT2D eigenvalue weighted by molar-refractivity contribution is -0.129. The molecule has 33 heavy (non-hydrogen) atoms. The summed E-state index contributed by atoms with van der Waals surface area (Å²) in [5.41, 5.74) is 1.22. The monoisotopic (exact) mass is 465 g/mol. The van der Waals surface area contributed by atoms with Gasteiger partial charge in [-0.1, -0.05) is 30.3 Å². The third kappa shape index (κ3) is 6.54. The number of rotatable bonds is 10. The first-order chi connectivity index (χ1) is 16.2. The van der Waals surface area contributed by atoms with E-state index in [2.05, 4.69) is 21.7 Å². The van der Waals surface area contributed by atoms with Crippen LogP contribution in [0.2, 0.25) is 0 Å². The number of piperidine rings is 1. The number of methoxy groups -OCH3 is 1. The summed E-state index contributed by atoms with van der Waals surface area (Å²) < 4.78 is 13.2. The van der Waals surface area contributed by atoms with Crippen molar-refractivity contribution in [3.63, 3.8) is 0 Å². The number of likely N-dealkylation sites (tertiary alicyclic amines) is 1. The average Bonchev–Trinajstić information content (AvgIpc) is 3.33. The zero-order chi connectivity index (χ0) is 22.9. The van der Waals surface area contributed by atoms with Gasteiger partial charge in [-0.15, -0.1) is 11.8 Å². The lowest BCUT2D eigenvalue weighted by Gasteiger charge is -2.32. The Labute approximate surface area is 199 Å². The summed E-state index contributed by atoms with van der Waals surface area (Å²) in [5.74, 6) is 4.77. The number of carbonyl (C=O) groups is 1. The molecule has 2 aromatic carbocycles. The Hall–Kier alpha value is -2.93. The molecule has 0 bridgehead atoms. The van der Waals surface area contributed by atoms with Gasteiger partial charge in [0.1, 0.15) is 17.3 Å². The van der Waals surface area contributed by atoms with Crippen molar-refractivity contribution in [1.82, 2.24) is 14.5 Å². The molecule has 0 aliphatic carbocycles. The molecule has 0 unspecified atom stereocenters. The van der Waals surface area contributed by atoms with E-state index in [0.29, 0.717) is 18.3 Å². The first kappa shape index (κ1) is 23.2. The van der Waals surface area contributed by atoms with Crippen LogP contribution in [0.15, 0.2) is 67.0 Å². The van der Waals surface area contributed by atoms with E-state index in [1.165, 1.54) is 5.56 Å². The van der Waals surface area contributed by atoms with E-state index in [4.69, 9.17) is 9.47 Å². The number of amides is 1. The Balaban J connectivity index is 1.19. The SMILES string of the molecule is COc1ccc(Cn2ccnc2C2CCN(C(=O)CSCCOc3ccccc3)CC2)cc1. The zero-order valence-electron chi connectivity index (χ0n) is 19.1. The van der Waals surface area contributed by atoms with Crippen LogP contribution in [-0.4, -0.2) is 58.7 Å². The molecule has 0 N–H and O–H groups in total. The molecule has 1 aromatic heterocycles. The normalized spacial score (nSPS) is 14.3. The Kier molecular flexibility index (Phi) is 8.30. The molecule has 1 aliphatic heterocycles. The van der Waals surface area contributed by atoms with Crippen molar-refractivity contribution in [1.29, 1.82) is 0 Å². The standard InChI is InChI=1S/C26H31N3O3S/c1-31-23-9-7-21(8-10-23)19-29-16-13-27-26(29)22-11-14-28(15-12-22)25(30)20-33-18-17-32-24-5-3-2-4-6-24/h2-10,13,16,22H,11-12,14-15,17-20H2,1H3. The maximum Gasteiger partial charge on any atom is 0.232 e. The molecule has 2 heterocycles. The topological polar surface area (TPSA) is 56.6 Å². The molecule has 1 saturated heterocycles. The summed E-state index contributed by atoms with van der Waals surface area (Å²) in [6.45, 7) is 2.99. The molecule has 6 nitrogen and oxygen atoms in total. The number of carbonyl (C=O) groups excluding carboxylic acids is 1. The van der Waals surface area contributed by atoms with Crippen LogP contribution in [0.5, 0.6) is 11.5 Å². The maximum absolute atomic E-state index is 12.6. The van der Waals surface area contributed by atoms with Crippen LogP contribution in [0.1, 0.15) is 30.1 Å². The number of benzene rings is 2. The number of ether oxygens (including phenoxy) is 2. The van der Waals surface area contributed by atoms with Gasteiger partial charge in [0.15, 0.2) is 0 Å². The van der Waals surface area contributed by atoms with Crippen LogP contribution >= 0.6 is 11.8 Å². The molecule has 0 radical (unpaired) electrons. The van der Waals surface area contributed by atoms with Crippen LogP contribution in [0, 0.1) is 0 Å². The summed E-state index contributed by atoms with van der Waals surface area (Å²) >= 11 is 1.64. The molecule has 0 atom stereocenters. The fraction of sp³-hybridized carbons (Fsp3) is 0.385. The van der Waals surface area contributed by atoms with E-state index < -0.39 is 0 Å². The largest absolute Gasteiger partial charge is 0.497 e. The highest BCUT2D eigenvalue weighted by atomic mass is 32.2. The van der Waals surface area contributed by atoms with E-state index in [1.807, 2.05) is 59.8 Å². The number of thioether (sulfide) groups is 1. The molecule has 7 heteroatoms. The van der Waals surface area contributed by atoms with Crippen molar-refractivity contribution in [2.45, 2.75) is 25.3 Å². The number of aromatic nitrogens is 2. The van der Waals surface area contributed by atoms with Gasteiger partial charge in [0.25, 0.3) is 0 Å². The molecule has 1 amide bonds. The van der Waals surface area contributed by atoms with E-state index in [9.17, 15) is 4.79 Å². The lowest BCUT2D eigenvalue weighted by Crippen LogP contribution is -2.39. The van der Waals surface area contributed by atoms with Crippen molar-refractivity contribution in [3.8, 4) is 11.5 Å². The van der Waals surface area contributed by atoms with Crippen LogP contribution in [0.3, 0.4) is 0 Å². The second kappa shape index (κ2) is 11.8. The minimum absolute atomic E-state index is 0.222. The summed E-state index contributed by atoms with van der Waals surface area (Å²) in [6.07, 6.45) is 5.83. The van der Waals surface area contributed by atoms with Gasteiger partial charge in [0.2, 0.25) is 5.91 Å². The number of hydrogen-bond donors (Lipinski definition) is 0. The molecule has 1 fully saturated rings. The fourth-order valence-corrected chi connectivity index (χ4v) is 4.82. The van der Waals surface area contributed by atoms with Crippen molar-refractivity contribution in [2.75, 3.05) is 38.3 Å². The third-order valence-corrected chi connectivity index (χ3v) is 6.84. The lowest BCUT2D eigenvalue weighted by atomic mass is 9.95. The van der Waals surface area contributed by atoms with Gasteiger partial charge >= 0.3 is 0 Å². The first-order valence-corrected chi connectivity index (χ1v) is 12.6. The smallest absolute Gasteiger partial charge is 0.232 e. The molecule has 4 rings (SSSR count). The molecule has 174 valence electrons. The van der Waals surface area contributed by atoms with E-state index in [-0.39, 0.29) is 5.91 Å². The fourth-order valence-electron chi connectivity index (χ4n) is 4.11. The minimum atomic E-state index is 0.222. The summed E-state index contributed by atoms with van der Waals surface area (Å²) in [4.78, 5) is 19.3. The zero-order valence-corrected chi connectivity index (χ0v) is 19.9. The molecular weight excluding hydrogens is 434 g/mol. The van der Waals surface area contributed by atoms with E-state index in [0.717, 1.165) is 55.6 Å². The number of nitrogens with zero attached hydrogens (tertiary/aromatic N) is 3. The second-order valence-electron chi connectivity index (χ2n) is 8.13. The highest BCUT2D eigenvalue weighted by molar-refractivity contribution is 7.99. The van der Waals surface area contributed by atoms with E-state index >= 15 is 0 Å². The minimum Gasteiger partial charge on any atom is -0.497 e. The number of imidazole rings is 1. The first-order valence-electron chi connectivity index (χ1n) is 11.4. The quantitative estimate of drug-likeness (QED) is 0.414. The summed E-state index contributed by atoms with van der Waals surface area (Å²) in [5, 5.41) is 0. The van der Waals surface area contributed by atoms with Crippen LogP contribution in [0.4, 0.5) is 0 Å². The Morgan fingerprint density at radius 3 is 2.55 bits per heavy atom. The van der Waals surface area contributed by atoms with Gasteiger partial charge in [-0.05, 0) is 42.7 Å². The van der Waals surface area contributed by atoms with Crippen LogP contribution in [-0.2, 0) is 11.3 Å². The highest BCUT2D eigenvalue weighted by Gasteiger charge is 2.26. The molecular formula is C26H31N3O3S. The molecule has 0 spiro atoms. The van der Waals surface area contributed by atoms with Gasteiger partial charge in [0.05, 0.1) is 19.5 Å². The predicted molar refractivity (Wildman–Crippen MR) is 132 cm³/mol. The summed E-state index contributed by atoms with van der Waals surface area (Å²) in [7, 11) is 1.68. The van der Waals surface area contributed by atoms with Crippen molar-refractivity contribution >= 4 is 17.7 Å². The van der Waals surface area contributed by atoms with Crippen LogP contribution < -0.4 is 9.47 Å². The van der Waals surface area contributed by atoms with Crippen LogP contribution in [0.25, 0.3) is 0 Å². The Bertz CT molecular complexity index is 999. The second-order valence-corrected chi connectivity index (χ2v) is 9.24. The van der Waals surface area contributed by atoms with Crippen molar-refractivity contribution < 1.29 is 14.3 Å². The molecule has 1 aliphatic rings. The third-order valence-electron chi connectivity index (χ3n) is 5.94. The Morgan fingerprint density at radius 1 is 1.06 bits per heavy atom. The highest BCUT2D eigenvalue weighted by Crippen LogP contribution is 2.28. The van der Waals surface area contributed by atoms with Crippen molar-refractivity contribution in [2.24, 2.45) is 0 Å². The average molecular weight is 466 g/mol. The Morgan fingerprint density at radius 2 is 1.82 bits per heavy atom. The van der Waals surface area contributed by atoms with Gasteiger partial charge in [-0.3, -0.25) is 4.79 Å². The molecule has 0 saturated carbocycles. The van der Waals surface area contributed by atoms with Gasteiger partial charge in [-0.2, -0.15) is 0 Å². The van der Waals surface area contributed by atoms with Gasteiger partial charge in [0, 0.05) is 43.7 Å². The molecule has 3 aromatic rings. The van der Waals surface area contributed by atoms with Crippen molar-refractivity contribution in [3.05, 3.63) is 78.4 Å². The number of hydrogen-bond acceptors (Lipinski definition) is 5. The van der Waals surface area contributed by atoms with Gasteiger partial charge in [-0.25, -0.2) is 4.98 Å². The maximum atomic E-state index is 12.6. The number of para-hydroxylation sites is 1. The summed E-state index contributed by atoms with van der Waals surface area (Å²) in [6, 6.07) is 17.9. The van der Waals surface area contributed by atoms with Gasteiger partial charge < -0.3 is 18.9 Å². The van der Waals surface area contributed by atoms with E-state index in [1.54, 1.807) is 18.9 Å².